The van der Waals surface area contributed by atoms with Gasteiger partial charge in [0.15, 0.2) is 0 Å². The fourth-order valence-corrected chi connectivity index (χ4v) is 7.37. The highest BCUT2D eigenvalue weighted by Gasteiger charge is 2.61. The molecule has 4 aliphatic carbocycles. The smallest absolute Gasteiger partial charge is 0.226 e. The van der Waals surface area contributed by atoms with Gasteiger partial charge >= 0.3 is 0 Å². The SMILES string of the molecule is O=C(NCCN1CCCS1(=O)=O)C12CC3CC(CC(F)(C3)C1)C2. The van der Waals surface area contributed by atoms with Crippen LogP contribution in [0.25, 0.3) is 0 Å². The molecule has 1 heterocycles. The first kappa shape index (κ1) is 15.8. The lowest BCUT2D eigenvalue weighted by molar-refractivity contribution is -0.160. The Kier molecular flexibility index (Phi) is 3.54. The van der Waals surface area contributed by atoms with Crippen molar-refractivity contribution in [2.24, 2.45) is 17.3 Å². The molecular weight excluding hydrogens is 319 g/mol. The standard InChI is InChI=1S/C16H25FN2O3S/c17-16-9-12-6-13(10-16)8-15(7-12,11-16)14(20)18-2-4-19-3-1-5-23(19,21)22/h12-13H,1-11H2,(H,18,20). The highest BCUT2D eigenvalue weighted by molar-refractivity contribution is 7.89. The fourth-order valence-electron chi connectivity index (χ4n) is 5.84. The minimum Gasteiger partial charge on any atom is -0.354 e. The number of carbonyl (C=O) groups is 1. The van der Waals surface area contributed by atoms with Crippen molar-refractivity contribution in [3.63, 3.8) is 0 Å². The molecule has 0 aromatic carbocycles. The summed E-state index contributed by atoms with van der Waals surface area (Å²) in [6.07, 6.45) is 4.97. The van der Waals surface area contributed by atoms with Gasteiger partial charge in [-0.3, -0.25) is 4.79 Å². The lowest BCUT2D eigenvalue weighted by atomic mass is 9.48. The van der Waals surface area contributed by atoms with E-state index in [-0.39, 0.29) is 11.7 Å². The number of halogens is 1. The van der Waals surface area contributed by atoms with Crippen LogP contribution in [0.3, 0.4) is 0 Å². The van der Waals surface area contributed by atoms with E-state index in [1.807, 2.05) is 0 Å². The van der Waals surface area contributed by atoms with Gasteiger partial charge in [-0.05, 0) is 56.8 Å². The van der Waals surface area contributed by atoms with Crippen molar-refractivity contribution in [1.82, 2.24) is 9.62 Å². The summed E-state index contributed by atoms with van der Waals surface area (Å²) in [5, 5.41) is 2.91. The molecule has 5 rings (SSSR count). The van der Waals surface area contributed by atoms with Crippen LogP contribution in [0.5, 0.6) is 0 Å². The average molecular weight is 344 g/mol. The highest BCUT2D eigenvalue weighted by atomic mass is 32.2. The second kappa shape index (κ2) is 5.15. The number of alkyl halides is 1. The van der Waals surface area contributed by atoms with Gasteiger partial charge in [0, 0.05) is 19.6 Å². The van der Waals surface area contributed by atoms with Gasteiger partial charge in [0.25, 0.3) is 0 Å². The normalized spacial score (nSPS) is 44.6. The van der Waals surface area contributed by atoms with E-state index in [2.05, 4.69) is 5.32 Å². The van der Waals surface area contributed by atoms with Gasteiger partial charge in [-0.2, -0.15) is 0 Å². The molecule has 5 fully saturated rings. The molecule has 5 aliphatic rings. The highest BCUT2D eigenvalue weighted by Crippen LogP contribution is 2.62. The number of sulfonamides is 1. The Hall–Kier alpha value is -0.690. The van der Waals surface area contributed by atoms with E-state index >= 15 is 0 Å². The van der Waals surface area contributed by atoms with E-state index in [4.69, 9.17) is 0 Å². The second-order valence-corrected chi connectivity index (χ2v) is 10.3. The van der Waals surface area contributed by atoms with Gasteiger partial charge in [-0.1, -0.05) is 0 Å². The number of carbonyl (C=O) groups excluding carboxylic acids is 1. The maximum Gasteiger partial charge on any atom is 0.226 e. The number of rotatable bonds is 4. The molecule has 1 aliphatic heterocycles. The first-order valence-corrected chi connectivity index (χ1v) is 10.4. The predicted molar refractivity (Wildman–Crippen MR) is 83.9 cm³/mol. The Morgan fingerprint density at radius 1 is 1.22 bits per heavy atom. The summed E-state index contributed by atoms with van der Waals surface area (Å²) in [5.74, 6) is 0.862. The van der Waals surface area contributed by atoms with Crippen LogP contribution < -0.4 is 5.32 Å². The average Bonchev–Trinajstić information content (AvgIpc) is 2.75. The van der Waals surface area contributed by atoms with Crippen molar-refractivity contribution in [3.8, 4) is 0 Å². The lowest BCUT2D eigenvalue weighted by Gasteiger charge is -2.58. The van der Waals surface area contributed by atoms with Gasteiger partial charge in [0.2, 0.25) is 15.9 Å². The molecule has 23 heavy (non-hydrogen) atoms. The van der Waals surface area contributed by atoms with Crippen molar-refractivity contribution >= 4 is 15.9 Å². The minimum absolute atomic E-state index is 0.0507. The van der Waals surface area contributed by atoms with E-state index in [0.29, 0.717) is 57.2 Å². The Balaban J connectivity index is 1.38. The number of hydrogen-bond acceptors (Lipinski definition) is 3. The molecular formula is C16H25FN2O3S. The van der Waals surface area contributed by atoms with Crippen LogP contribution >= 0.6 is 0 Å². The van der Waals surface area contributed by atoms with E-state index in [1.165, 1.54) is 4.31 Å². The maximum atomic E-state index is 14.9. The van der Waals surface area contributed by atoms with E-state index in [1.54, 1.807) is 0 Å². The molecule has 0 aromatic rings. The summed E-state index contributed by atoms with van der Waals surface area (Å²) in [5.41, 5.74) is -1.68. The van der Waals surface area contributed by atoms with Crippen LogP contribution in [0.1, 0.15) is 44.9 Å². The van der Waals surface area contributed by atoms with Crippen molar-refractivity contribution in [2.45, 2.75) is 50.6 Å². The molecule has 2 unspecified atom stereocenters. The second-order valence-electron chi connectivity index (χ2n) is 8.22. The zero-order chi connectivity index (χ0) is 16.3. The van der Waals surface area contributed by atoms with Gasteiger partial charge < -0.3 is 5.32 Å². The summed E-state index contributed by atoms with van der Waals surface area (Å²) in [6.45, 7) is 1.20. The van der Waals surface area contributed by atoms with Crippen molar-refractivity contribution in [2.75, 3.05) is 25.4 Å². The molecule has 4 bridgehead atoms. The van der Waals surface area contributed by atoms with Gasteiger partial charge in [-0.15, -0.1) is 0 Å². The molecule has 1 N–H and O–H groups in total. The van der Waals surface area contributed by atoms with Crippen molar-refractivity contribution in [3.05, 3.63) is 0 Å². The summed E-state index contributed by atoms with van der Waals surface area (Å²) in [6, 6.07) is 0. The Morgan fingerprint density at radius 2 is 1.91 bits per heavy atom. The monoisotopic (exact) mass is 344 g/mol. The fraction of sp³-hybridized carbons (Fsp3) is 0.938. The first-order chi connectivity index (χ1) is 10.8. The summed E-state index contributed by atoms with van der Waals surface area (Å²) in [4.78, 5) is 12.7. The maximum absolute atomic E-state index is 14.9. The molecule has 1 amide bonds. The van der Waals surface area contributed by atoms with Crippen molar-refractivity contribution in [1.29, 1.82) is 0 Å². The third kappa shape index (κ3) is 2.69. The molecule has 1 saturated heterocycles. The van der Waals surface area contributed by atoms with Gasteiger partial charge in [0.1, 0.15) is 5.67 Å². The Labute approximate surface area is 137 Å². The van der Waals surface area contributed by atoms with Gasteiger partial charge in [-0.25, -0.2) is 17.1 Å². The zero-order valence-electron chi connectivity index (χ0n) is 13.4. The predicted octanol–water partition coefficient (Wildman–Crippen LogP) is 1.45. The molecule has 130 valence electrons. The van der Waals surface area contributed by atoms with E-state index in [0.717, 1.165) is 19.3 Å². The Morgan fingerprint density at radius 3 is 2.48 bits per heavy atom. The third-order valence-corrected chi connectivity index (χ3v) is 8.28. The summed E-state index contributed by atoms with van der Waals surface area (Å²) >= 11 is 0. The lowest BCUT2D eigenvalue weighted by Crippen LogP contribution is -2.59. The van der Waals surface area contributed by atoms with Gasteiger partial charge in [0.05, 0.1) is 11.2 Å². The largest absolute Gasteiger partial charge is 0.354 e. The summed E-state index contributed by atoms with van der Waals surface area (Å²) in [7, 11) is -3.12. The van der Waals surface area contributed by atoms with Crippen LogP contribution in [-0.2, 0) is 14.8 Å². The van der Waals surface area contributed by atoms with Crippen LogP contribution in [0.2, 0.25) is 0 Å². The number of nitrogens with one attached hydrogen (secondary N) is 1. The van der Waals surface area contributed by atoms with Crippen LogP contribution in [0.4, 0.5) is 4.39 Å². The topological polar surface area (TPSA) is 66.5 Å². The molecule has 7 heteroatoms. The minimum atomic E-state index is -3.12. The first-order valence-electron chi connectivity index (χ1n) is 8.75. The van der Waals surface area contributed by atoms with Crippen molar-refractivity contribution < 1.29 is 17.6 Å². The van der Waals surface area contributed by atoms with E-state index in [9.17, 15) is 17.6 Å². The van der Waals surface area contributed by atoms with Crippen LogP contribution in [0, 0.1) is 17.3 Å². The van der Waals surface area contributed by atoms with Crippen LogP contribution in [-0.4, -0.2) is 49.7 Å². The van der Waals surface area contributed by atoms with E-state index < -0.39 is 21.1 Å². The number of amides is 1. The Bertz CT molecular complexity index is 607. The molecule has 4 saturated carbocycles. The third-order valence-electron chi connectivity index (χ3n) is 6.32. The molecule has 0 radical (unpaired) electrons. The number of hydrogen-bond donors (Lipinski definition) is 1. The quantitative estimate of drug-likeness (QED) is 0.839. The molecule has 0 aromatic heterocycles. The molecule has 5 nitrogen and oxygen atoms in total. The van der Waals surface area contributed by atoms with Crippen LogP contribution in [0.15, 0.2) is 0 Å². The molecule has 2 atom stereocenters. The summed E-state index contributed by atoms with van der Waals surface area (Å²) < 4.78 is 39.9. The zero-order valence-corrected chi connectivity index (χ0v) is 14.2. The number of nitrogens with zero attached hydrogens (tertiary/aromatic N) is 1. The molecule has 0 spiro atoms.